The first-order valence-electron chi connectivity index (χ1n) is 5.04. The summed E-state index contributed by atoms with van der Waals surface area (Å²) in [5, 5.41) is 3.05. The van der Waals surface area contributed by atoms with E-state index >= 15 is 0 Å². The van der Waals surface area contributed by atoms with Gasteiger partial charge in [-0.3, -0.25) is 0 Å². The van der Waals surface area contributed by atoms with Gasteiger partial charge in [0.2, 0.25) is 10.0 Å². The molecular formula is C10H9F6NO2S. The quantitative estimate of drug-likeness (QED) is 0.851. The second-order valence-corrected chi connectivity index (χ2v) is 5.96. The highest BCUT2D eigenvalue weighted by molar-refractivity contribution is 7.89. The summed E-state index contributed by atoms with van der Waals surface area (Å²) in [5.74, 6) is 0. The van der Waals surface area contributed by atoms with Crippen LogP contribution in [0, 0.1) is 0 Å². The molecule has 0 aliphatic rings. The Balaban J connectivity index is 3.55. The Morgan fingerprint density at radius 1 is 0.950 bits per heavy atom. The van der Waals surface area contributed by atoms with Gasteiger partial charge in [-0.1, -0.05) is 0 Å². The normalized spacial score (nSPS) is 15.2. The SMILES string of the molecule is CC(c1cc(C(F)(F)F)cc(C(F)(F)F)c1)S(N)(=O)=O. The van der Waals surface area contributed by atoms with Crippen LogP contribution < -0.4 is 5.14 Å². The molecule has 0 fully saturated rings. The summed E-state index contributed by atoms with van der Waals surface area (Å²) in [6.07, 6.45) is -10.1. The fourth-order valence-electron chi connectivity index (χ4n) is 1.40. The largest absolute Gasteiger partial charge is 0.416 e. The molecule has 2 N–H and O–H groups in total. The van der Waals surface area contributed by atoms with Crippen LogP contribution in [0.5, 0.6) is 0 Å². The number of hydrogen-bond acceptors (Lipinski definition) is 2. The van der Waals surface area contributed by atoms with Gasteiger partial charge in [0, 0.05) is 0 Å². The minimum absolute atomic E-state index is 0.0840. The first-order valence-corrected chi connectivity index (χ1v) is 6.65. The van der Waals surface area contributed by atoms with E-state index in [-0.39, 0.29) is 6.07 Å². The van der Waals surface area contributed by atoms with Crippen molar-refractivity contribution in [2.45, 2.75) is 24.5 Å². The molecule has 0 bridgehead atoms. The van der Waals surface area contributed by atoms with Crippen molar-refractivity contribution in [1.29, 1.82) is 0 Å². The molecule has 1 unspecified atom stereocenters. The molecule has 0 aromatic heterocycles. The predicted octanol–water partition coefficient (Wildman–Crippen LogP) is 3.07. The molecule has 0 amide bonds. The van der Waals surface area contributed by atoms with Crippen molar-refractivity contribution >= 4 is 10.0 Å². The molecule has 0 heterocycles. The van der Waals surface area contributed by atoms with Crippen molar-refractivity contribution < 1.29 is 34.8 Å². The Hall–Kier alpha value is -1.29. The summed E-state index contributed by atoms with van der Waals surface area (Å²) >= 11 is 0. The van der Waals surface area contributed by atoms with Gasteiger partial charge in [-0.2, -0.15) is 26.3 Å². The van der Waals surface area contributed by atoms with Gasteiger partial charge in [0.15, 0.2) is 0 Å². The molecule has 3 nitrogen and oxygen atoms in total. The van der Waals surface area contributed by atoms with Crippen LogP contribution in [0.4, 0.5) is 26.3 Å². The van der Waals surface area contributed by atoms with Crippen LogP contribution in [-0.4, -0.2) is 8.42 Å². The highest BCUT2D eigenvalue weighted by atomic mass is 32.2. The van der Waals surface area contributed by atoms with Crippen LogP contribution in [0.3, 0.4) is 0 Å². The Kier molecular flexibility index (Phi) is 4.12. The monoisotopic (exact) mass is 321 g/mol. The summed E-state index contributed by atoms with van der Waals surface area (Å²) < 4.78 is 97.4. The summed E-state index contributed by atoms with van der Waals surface area (Å²) in [7, 11) is -4.32. The standard InChI is InChI=1S/C10H9F6NO2S/c1-5(20(17,18)19)6-2-7(9(11,12)13)4-8(3-6)10(14,15)16/h2-5H,1H3,(H2,17,18,19). The zero-order valence-corrected chi connectivity index (χ0v) is 10.7. The number of rotatable bonds is 2. The average Bonchev–Trinajstić information content (AvgIpc) is 2.23. The van der Waals surface area contributed by atoms with E-state index in [2.05, 4.69) is 0 Å². The zero-order valence-electron chi connectivity index (χ0n) is 9.88. The molecule has 1 atom stereocenters. The molecule has 1 aromatic carbocycles. The fraction of sp³-hybridized carbons (Fsp3) is 0.400. The molecule has 0 aliphatic carbocycles. The predicted molar refractivity (Wildman–Crippen MR) is 58.0 cm³/mol. The Bertz CT molecular complexity index is 573. The lowest BCUT2D eigenvalue weighted by Gasteiger charge is -2.16. The van der Waals surface area contributed by atoms with Crippen LogP contribution in [0.15, 0.2) is 18.2 Å². The second-order valence-electron chi connectivity index (χ2n) is 4.07. The molecule has 10 heteroatoms. The number of sulfonamides is 1. The maximum atomic E-state index is 12.5. The van der Waals surface area contributed by atoms with Crippen molar-refractivity contribution in [3.63, 3.8) is 0 Å². The topological polar surface area (TPSA) is 60.2 Å². The van der Waals surface area contributed by atoms with Crippen LogP contribution in [0.25, 0.3) is 0 Å². The van der Waals surface area contributed by atoms with Gasteiger partial charge in [-0.25, -0.2) is 13.6 Å². The molecule has 0 saturated carbocycles. The maximum Gasteiger partial charge on any atom is 0.416 e. The van der Waals surface area contributed by atoms with E-state index in [1.807, 2.05) is 0 Å². The van der Waals surface area contributed by atoms with E-state index in [0.29, 0.717) is 12.1 Å². The number of hydrogen-bond donors (Lipinski definition) is 1. The summed E-state index contributed by atoms with van der Waals surface area (Å²) in [6.45, 7) is 0.908. The minimum atomic E-state index is -5.03. The second kappa shape index (κ2) is 4.92. The van der Waals surface area contributed by atoms with E-state index in [4.69, 9.17) is 5.14 Å². The van der Waals surface area contributed by atoms with Gasteiger partial charge in [0.25, 0.3) is 0 Å². The van der Waals surface area contributed by atoms with Gasteiger partial charge < -0.3 is 0 Å². The first kappa shape index (κ1) is 16.8. The Labute approximate surface area is 110 Å². The van der Waals surface area contributed by atoms with E-state index in [9.17, 15) is 34.8 Å². The van der Waals surface area contributed by atoms with Gasteiger partial charge >= 0.3 is 12.4 Å². The number of nitrogens with two attached hydrogens (primary N) is 1. The van der Waals surface area contributed by atoms with Crippen molar-refractivity contribution in [1.82, 2.24) is 0 Å². The lowest BCUT2D eigenvalue weighted by atomic mass is 10.0. The fourth-order valence-corrected chi connectivity index (χ4v) is 1.92. The average molecular weight is 321 g/mol. The minimum Gasteiger partial charge on any atom is -0.228 e. The Morgan fingerprint density at radius 2 is 1.30 bits per heavy atom. The smallest absolute Gasteiger partial charge is 0.228 e. The molecule has 0 radical (unpaired) electrons. The molecule has 0 aliphatic heterocycles. The molecule has 0 saturated heterocycles. The van der Waals surface area contributed by atoms with Crippen LogP contribution in [0.2, 0.25) is 0 Å². The first-order chi connectivity index (χ1) is 8.73. The van der Waals surface area contributed by atoms with Gasteiger partial charge in [0.1, 0.15) is 0 Å². The molecular weight excluding hydrogens is 312 g/mol. The number of primary sulfonamides is 1. The highest BCUT2D eigenvalue weighted by Crippen LogP contribution is 2.38. The molecule has 0 spiro atoms. The van der Waals surface area contributed by atoms with Crippen LogP contribution >= 0.6 is 0 Å². The van der Waals surface area contributed by atoms with Gasteiger partial charge in [0.05, 0.1) is 16.4 Å². The third kappa shape index (κ3) is 3.85. The van der Waals surface area contributed by atoms with E-state index in [1.54, 1.807) is 0 Å². The summed E-state index contributed by atoms with van der Waals surface area (Å²) in [6, 6.07) is 0.591. The van der Waals surface area contributed by atoms with Crippen molar-refractivity contribution in [2.75, 3.05) is 0 Å². The van der Waals surface area contributed by atoms with E-state index in [0.717, 1.165) is 6.92 Å². The third-order valence-electron chi connectivity index (χ3n) is 2.57. The maximum absolute atomic E-state index is 12.5. The molecule has 114 valence electrons. The molecule has 20 heavy (non-hydrogen) atoms. The van der Waals surface area contributed by atoms with Crippen LogP contribution in [-0.2, 0) is 22.4 Å². The van der Waals surface area contributed by atoms with E-state index < -0.39 is 44.3 Å². The van der Waals surface area contributed by atoms with Crippen LogP contribution in [0.1, 0.15) is 28.9 Å². The zero-order chi connectivity index (χ0) is 15.9. The highest BCUT2D eigenvalue weighted by Gasteiger charge is 2.38. The molecule has 1 rings (SSSR count). The van der Waals surface area contributed by atoms with Gasteiger partial charge in [-0.05, 0) is 30.7 Å². The van der Waals surface area contributed by atoms with Crippen molar-refractivity contribution in [3.05, 3.63) is 34.9 Å². The lowest BCUT2D eigenvalue weighted by Crippen LogP contribution is -2.21. The number of halogens is 6. The third-order valence-corrected chi connectivity index (χ3v) is 3.83. The van der Waals surface area contributed by atoms with Crippen molar-refractivity contribution in [3.8, 4) is 0 Å². The Morgan fingerprint density at radius 3 is 1.55 bits per heavy atom. The molecule has 1 aromatic rings. The van der Waals surface area contributed by atoms with E-state index in [1.165, 1.54) is 0 Å². The summed E-state index contributed by atoms with van der Waals surface area (Å²) in [4.78, 5) is 0. The van der Waals surface area contributed by atoms with Crippen molar-refractivity contribution in [2.24, 2.45) is 5.14 Å². The lowest BCUT2D eigenvalue weighted by molar-refractivity contribution is -0.143. The van der Waals surface area contributed by atoms with Gasteiger partial charge in [-0.15, -0.1) is 0 Å². The number of benzene rings is 1. The summed E-state index contributed by atoms with van der Waals surface area (Å²) in [5.41, 5.74) is -3.84. The number of alkyl halides is 6.